The summed E-state index contributed by atoms with van der Waals surface area (Å²) in [6, 6.07) is 10.9. The standard InChI is InChI=1S/C55H66N10O8S/c1-28(2)46(61-54(68)70-6)51(66)63-17-9-13-40(63)49-57-26-38(60-49)34-19-29(3)45-42-23-35-22-33(15-16-39(35)65(42)53(73-43(45)24-34)44-27-58-50(74-44)32-11-8-12-32)37-25-56-48(59-37)41-14-10-18-64(41)52(67)47(62-55(69)71-7)36-20-30(4)72-31(5)21-36/h15-16,19,22-28,30-32,36,40-41,46-47,53H,8-14,17-18,20-21H2,1-7H3,(H,56,59)(H,57,60)(H,61,68)(H,62,69)/t30-,31+,36?,40-,41-,46-,47?,53?/m0/s1. The number of nitrogens with zero attached hydrogens (tertiary/aromatic N) is 6. The summed E-state index contributed by atoms with van der Waals surface area (Å²) in [7, 11) is 2.61. The number of methoxy groups -OCH3 is 2. The SMILES string of the molecule is COC(=O)NC(C(=O)N1CCC[C@H]1c1ncc(-c2ccc3c(c2)cc2n3C(c3cnc(C4CCC4)s3)Oc3cc(-c4cnc([C@@H]5CCCN5C(=O)[C@@H](NC(=O)OC)C(C)C)[nH]4)cc(C)c3-2)[nH]1)C1C[C@@H](C)O[C@@H](C)C1. The van der Waals surface area contributed by atoms with Gasteiger partial charge >= 0.3 is 12.2 Å². The van der Waals surface area contributed by atoms with E-state index in [0.29, 0.717) is 43.5 Å². The maximum Gasteiger partial charge on any atom is 0.407 e. The number of fused-ring (bicyclic) bond motifs is 5. The van der Waals surface area contributed by atoms with Crippen molar-refractivity contribution in [3.63, 3.8) is 0 Å². The van der Waals surface area contributed by atoms with Gasteiger partial charge in [0.2, 0.25) is 18.0 Å². The van der Waals surface area contributed by atoms with Gasteiger partial charge in [0.1, 0.15) is 29.5 Å². The van der Waals surface area contributed by atoms with Gasteiger partial charge in [-0.2, -0.15) is 0 Å². The third kappa shape index (κ3) is 9.19. The van der Waals surface area contributed by atoms with E-state index >= 15 is 0 Å². The van der Waals surface area contributed by atoms with E-state index in [9.17, 15) is 19.2 Å². The van der Waals surface area contributed by atoms with Crippen LogP contribution in [0.5, 0.6) is 5.75 Å². The molecule has 3 unspecified atom stereocenters. The van der Waals surface area contributed by atoms with E-state index in [4.69, 9.17) is 33.9 Å². The van der Waals surface area contributed by atoms with E-state index in [2.05, 4.69) is 68.5 Å². The highest BCUT2D eigenvalue weighted by molar-refractivity contribution is 7.11. The second-order valence-corrected chi connectivity index (χ2v) is 22.3. The summed E-state index contributed by atoms with van der Waals surface area (Å²) in [4.78, 5) is 79.8. The van der Waals surface area contributed by atoms with Crippen molar-refractivity contribution in [3.05, 3.63) is 82.1 Å². The number of benzene rings is 2. The van der Waals surface area contributed by atoms with Crippen LogP contribution in [-0.4, -0.2) is 115 Å². The molecule has 1 saturated carbocycles. The lowest BCUT2D eigenvalue weighted by atomic mass is 9.85. The quantitative estimate of drug-likeness (QED) is 0.0906. The molecular formula is C55H66N10O8S. The summed E-state index contributed by atoms with van der Waals surface area (Å²) < 4.78 is 25.3. The van der Waals surface area contributed by atoms with E-state index in [-0.39, 0.29) is 47.9 Å². The molecule has 4 fully saturated rings. The van der Waals surface area contributed by atoms with Crippen LogP contribution in [-0.2, 0) is 23.8 Å². The van der Waals surface area contributed by atoms with Crippen LogP contribution in [0.1, 0.15) is 137 Å². The number of aromatic amines is 2. The van der Waals surface area contributed by atoms with Gasteiger partial charge < -0.3 is 49.3 Å². The molecule has 4 N–H and O–H groups in total. The van der Waals surface area contributed by atoms with Gasteiger partial charge in [0.05, 0.1) is 83.4 Å². The summed E-state index contributed by atoms with van der Waals surface area (Å²) in [5.41, 5.74) is 7.59. The first-order valence-electron chi connectivity index (χ1n) is 26.2. The zero-order valence-corrected chi connectivity index (χ0v) is 43.9. The zero-order valence-electron chi connectivity index (χ0n) is 43.1. The van der Waals surface area contributed by atoms with Crippen molar-refractivity contribution in [1.29, 1.82) is 0 Å². The lowest BCUT2D eigenvalue weighted by Gasteiger charge is -2.38. The number of carbonyl (C=O) groups excluding carboxylic acids is 4. The molecule has 19 heteroatoms. The Morgan fingerprint density at radius 1 is 0.770 bits per heavy atom. The lowest BCUT2D eigenvalue weighted by Crippen LogP contribution is -2.54. The van der Waals surface area contributed by atoms with Crippen molar-refractivity contribution in [2.24, 2.45) is 11.8 Å². The third-order valence-electron chi connectivity index (χ3n) is 15.9. The number of thiazole rings is 1. The fourth-order valence-electron chi connectivity index (χ4n) is 12.1. The molecule has 8 atom stereocenters. The number of nitrogens with one attached hydrogen (secondary N) is 4. The number of H-pyrrole nitrogens is 2. The van der Waals surface area contributed by atoms with Crippen LogP contribution >= 0.6 is 11.3 Å². The second kappa shape index (κ2) is 20.2. The molecule has 4 amide bonds. The number of ether oxygens (including phenoxy) is 4. The zero-order chi connectivity index (χ0) is 51.5. The molecule has 4 aliphatic heterocycles. The molecule has 390 valence electrons. The second-order valence-electron chi connectivity index (χ2n) is 21.2. The number of rotatable bonds is 12. The van der Waals surface area contributed by atoms with Gasteiger partial charge in [-0.15, -0.1) is 11.3 Å². The molecule has 0 spiro atoms. The van der Waals surface area contributed by atoms with Crippen LogP contribution in [0, 0.1) is 18.8 Å². The topological polar surface area (TPSA) is 211 Å². The first kappa shape index (κ1) is 49.5. The van der Waals surface area contributed by atoms with E-state index in [1.165, 1.54) is 20.6 Å². The van der Waals surface area contributed by atoms with Gasteiger partial charge in [0.15, 0.2) is 0 Å². The van der Waals surface area contributed by atoms with Crippen molar-refractivity contribution in [2.75, 3.05) is 27.3 Å². The predicted molar refractivity (Wildman–Crippen MR) is 278 cm³/mol. The molecule has 2 aromatic carbocycles. The number of carbonyl (C=O) groups is 4. The average molecular weight is 1030 g/mol. The number of imidazole rings is 2. The molecule has 0 bridgehead atoms. The monoisotopic (exact) mass is 1030 g/mol. The minimum atomic E-state index is -0.745. The molecule has 1 aliphatic carbocycles. The summed E-state index contributed by atoms with van der Waals surface area (Å²) in [5, 5.41) is 7.81. The molecule has 4 aromatic heterocycles. The molecular weight excluding hydrogens is 961 g/mol. The average Bonchev–Trinajstić information content (AvgIpc) is 4.24. The Labute approximate surface area is 434 Å². The van der Waals surface area contributed by atoms with E-state index in [1.54, 1.807) is 11.3 Å². The highest BCUT2D eigenvalue weighted by atomic mass is 32.1. The number of hydrogen-bond donors (Lipinski definition) is 4. The van der Waals surface area contributed by atoms with Crippen LogP contribution in [0.15, 0.2) is 55.0 Å². The number of likely N-dealkylation sites (tertiary alicyclic amines) is 2. The number of alkyl carbamates (subject to hydrolysis) is 2. The minimum Gasteiger partial charge on any atom is -0.464 e. The molecule has 74 heavy (non-hydrogen) atoms. The first-order chi connectivity index (χ1) is 35.8. The molecule has 6 aromatic rings. The van der Waals surface area contributed by atoms with E-state index < -0.39 is 30.5 Å². The van der Waals surface area contributed by atoms with Crippen molar-refractivity contribution < 1.29 is 38.1 Å². The first-order valence-corrected chi connectivity index (χ1v) is 27.1. The summed E-state index contributed by atoms with van der Waals surface area (Å²) in [6.45, 7) is 11.1. The largest absolute Gasteiger partial charge is 0.464 e. The number of aryl methyl sites for hydroxylation is 1. The maximum atomic E-state index is 14.5. The van der Waals surface area contributed by atoms with Crippen LogP contribution in [0.3, 0.4) is 0 Å². The van der Waals surface area contributed by atoms with Crippen molar-refractivity contribution in [2.45, 2.75) is 141 Å². The predicted octanol–water partition coefficient (Wildman–Crippen LogP) is 9.70. The molecule has 18 nitrogen and oxygen atoms in total. The summed E-state index contributed by atoms with van der Waals surface area (Å²) in [5.74, 6) is 2.11. The molecule has 11 rings (SSSR count). The van der Waals surface area contributed by atoms with Gasteiger partial charge in [-0.05, 0) is 120 Å². The van der Waals surface area contributed by atoms with Gasteiger partial charge in [0, 0.05) is 47.3 Å². The van der Waals surface area contributed by atoms with Crippen LogP contribution in [0.25, 0.3) is 44.7 Å². The van der Waals surface area contributed by atoms with E-state index in [1.807, 2.05) is 56.1 Å². The third-order valence-corrected chi connectivity index (χ3v) is 17.1. The normalized spacial score (nSPS) is 23.5. The van der Waals surface area contributed by atoms with Crippen molar-refractivity contribution in [3.8, 4) is 39.5 Å². The fourth-order valence-corrected chi connectivity index (χ4v) is 13.2. The number of aromatic nitrogens is 6. The highest BCUT2D eigenvalue weighted by Crippen LogP contribution is 2.50. The minimum absolute atomic E-state index is 0.0339. The Kier molecular flexibility index (Phi) is 13.5. The Morgan fingerprint density at radius 2 is 1.42 bits per heavy atom. The van der Waals surface area contributed by atoms with Gasteiger partial charge in [-0.3, -0.25) is 14.2 Å². The maximum absolute atomic E-state index is 14.5. The van der Waals surface area contributed by atoms with Crippen LogP contribution < -0.4 is 15.4 Å². The van der Waals surface area contributed by atoms with Crippen LogP contribution in [0.2, 0.25) is 0 Å². The van der Waals surface area contributed by atoms with Crippen molar-refractivity contribution in [1.82, 2.24) is 49.9 Å². The van der Waals surface area contributed by atoms with E-state index in [0.717, 1.165) is 104 Å². The fraction of sp³-hybridized carbons (Fsp3) is 0.509. The number of amides is 4. The Hall–Kier alpha value is -6.73. The smallest absolute Gasteiger partial charge is 0.407 e. The Morgan fingerprint density at radius 3 is 2.05 bits per heavy atom. The highest BCUT2D eigenvalue weighted by Gasteiger charge is 2.43. The molecule has 5 aliphatic rings. The van der Waals surface area contributed by atoms with Crippen molar-refractivity contribution >= 4 is 46.2 Å². The lowest BCUT2D eigenvalue weighted by molar-refractivity contribution is -0.138. The molecule has 3 saturated heterocycles. The van der Waals surface area contributed by atoms with Gasteiger partial charge in [0.25, 0.3) is 0 Å². The summed E-state index contributed by atoms with van der Waals surface area (Å²) >= 11 is 1.73. The van der Waals surface area contributed by atoms with Gasteiger partial charge in [-0.1, -0.05) is 26.3 Å². The van der Waals surface area contributed by atoms with Gasteiger partial charge in [-0.25, -0.2) is 24.5 Å². The number of hydrogen-bond acceptors (Lipinski definition) is 12. The Balaban J connectivity index is 0.897. The Bertz CT molecular complexity index is 3090. The summed E-state index contributed by atoms with van der Waals surface area (Å²) in [6.07, 6.45) is 11.8. The molecule has 8 heterocycles. The van der Waals surface area contributed by atoms with Crippen LogP contribution in [0.4, 0.5) is 9.59 Å². The molecule has 0 radical (unpaired) electrons.